The van der Waals surface area contributed by atoms with Crippen LogP contribution in [0.4, 0.5) is 10.1 Å². The van der Waals surface area contributed by atoms with E-state index in [0.717, 1.165) is 47.6 Å². The van der Waals surface area contributed by atoms with Gasteiger partial charge in [-0.15, -0.1) is 0 Å². The molecule has 0 N–H and O–H groups in total. The summed E-state index contributed by atoms with van der Waals surface area (Å²) in [5, 5.41) is 0. The Kier molecular flexibility index (Phi) is 4.15. The van der Waals surface area contributed by atoms with Gasteiger partial charge < -0.3 is 9.64 Å². The summed E-state index contributed by atoms with van der Waals surface area (Å²) in [6.45, 7) is 4.50. The minimum Gasteiger partial charge on any atom is -0.491 e. The molecule has 1 aliphatic heterocycles. The van der Waals surface area contributed by atoms with E-state index in [2.05, 4.69) is 33.8 Å². The second-order valence-corrected chi connectivity index (χ2v) is 6.17. The lowest BCUT2D eigenvalue weighted by Crippen LogP contribution is -2.23. The summed E-state index contributed by atoms with van der Waals surface area (Å²) < 4.78 is 19.9. The fourth-order valence-corrected chi connectivity index (χ4v) is 2.87. The van der Waals surface area contributed by atoms with E-state index in [1.165, 1.54) is 17.7 Å². The molecule has 1 heterocycles. The summed E-state index contributed by atoms with van der Waals surface area (Å²) >= 11 is 3.55. The molecule has 0 fully saturated rings. The first-order chi connectivity index (χ1) is 10.1. The maximum absolute atomic E-state index is 13.0. The molecule has 0 aliphatic carbocycles. The molecule has 0 unspecified atom stereocenters. The number of aryl methyl sites for hydroxylation is 1. The van der Waals surface area contributed by atoms with Crippen molar-refractivity contribution in [2.24, 2.45) is 0 Å². The van der Waals surface area contributed by atoms with Crippen LogP contribution < -0.4 is 9.64 Å². The van der Waals surface area contributed by atoms with Gasteiger partial charge in [0.1, 0.15) is 11.6 Å². The zero-order valence-corrected chi connectivity index (χ0v) is 13.5. The highest BCUT2D eigenvalue weighted by molar-refractivity contribution is 9.10. The van der Waals surface area contributed by atoms with Gasteiger partial charge in [0, 0.05) is 17.6 Å². The Bertz CT molecular complexity index is 642. The summed E-state index contributed by atoms with van der Waals surface area (Å²) in [6.07, 6.45) is 0.979. The SMILES string of the molecule is Cc1cc2c(cc1Br)OCCCN2Cc1ccc(F)cc1. The normalized spacial score (nSPS) is 14.3. The minimum absolute atomic E-state index is 0.196. The topological polar surface area (TPSA) is 12.5 Å². The molecule has 0 spiro atoms. The Balaban J connectivity index is 1.92. The van der Waals surface area contributed by atoms with Crippen molar-refractivity contribution in [1.29, 1.82) is 0 Å². The van der Waals surface area contributed by atoms with Crippen LogP contribution in [0.1, 0.15) is 17.5 Å². The van der Waals surface area contributed by atoms with Gasteiger partial charge in [-0.3, -0.25) is 0 Å². The molecule has 0 saturated carbocycles. The molecule has 3 rings (SSSR count). The lowest BCUT2D eigenvalue weighted by molar-refractivity contribution is 0.322. The average molecular weight is 350 g/mol. The predicted octanol–water partition coefficient (Wildman–Crippen LogP) is 4.69. The molecule has 0 atom stereocenters. The molecule has 0 radical (unpaired) electrons. The van der Waals surface area contributed by atoms with Crippen molar-refractivity contribution in [3.63, 3.8) is 0 Å². The van der Waals surface area contributed by atoms with Crippen molar-refractivity contribution >= 4 is 21.6 Å². The van der Waals surface area contributed by atoms with Crippen LogP contribution in [0.25, 0.3) is 0 Å². The molecule has 21 heavy (non-hydrogen) atoms. The highest BCUT2D eigenvalue weighted by Crippen LogP contribution is 2.36. The Hall–Kier alpha value is -1.55. The second kappa shape index (κ2) is 6.06. The van der Waals surface area contributed by atoms with Crippen LogP contribution in [0.15, 0.2) is 40.9 Å². The van der Waals surface area contributed by atoms with E-state index in [9.17, 15) is 4.39 Å². The Labute approximate surface area is 132 Å². The molecule has 0 aromatic heterocycles. The van der Waals surface area contributed by atoms with E-state index in [0.29, 0.717) is 0 Å². The van der Waals surface area contributed by atoms with Crippen molar-refractivity contribution in [2.75, 3.05) is 18.1 Å². The summed E-state index contributed by atoms with van der Waals surface area (Å²) in [5.41, 5.74) is 3.39. The number of hydrogen-bond acceptors (Lipinski definition) is 2. The maximum Gasteiger partial charge on any atom is 0.143 e. The van der Waals surface area contributed by atoms with E-state index < -0.39 is 0 Å². The van der Waals surface area contributed by atoms with Gasteiger partial charge in [0.15, 0.2) is 0 Å². The molecule has 0 amide bonds. The van der Waals surface area contributed by atoms with Gasteiger partial charge in [-0.2, -0.15) is 0 Å². The fourth-order valence-electron chi connectivity index (χ4n) is 2.54. The highest BCUT2D eigenvalue weighted by Gasteiger charge is 2.18. The molecule has 4 heteroatoms. The van der Waals surface area contributed by atoms with E-state index in [1.54, 1.807) is 0 Å². The number of halogens is 2. The standard InChI is InChI=1S/C17H17BrFNO/c1-12-9-16-17(10-15(12)18)21-8-2-7-20(16)11-13-3-5-14(19)6-4-13/h3-6,9-10H,2,7-8,11H2,1H3. The zero-order valence-electron chi connectivity index (χ0n) is 11.9. The maximum atomic E-state index is 13.0. The summed E-state index contributed by atoms with van der Waals surface area (Å²) in [7, 11) is 0. The van der Waals surface area contributed by atoms with Crippen LogP contribution >= 0.6 is 15.9 Å². The van der Waals surface area contributed by atoms with Crippen LogP contribution in [0, 0.1) is 12.7 Å². The lowest BCUT2D eigenvalue weighted by Gasteiger charge is -2.24. The lowest BCUT2D eigenvalue weighted by atomic mass is 10.1. The number of fused-ring (bicyclic) bond motifs is 1. The van der Waals surface area contributed by atoms with Crippen molar-refractivity contribution < 1.29 is 9.13 Å². The Morgan fingerprint density at radius 3 is 2.76 bits per heavy atom. The molecule has 2 aromatic rings. The fraction of sp³-hybridized carbons (Fsp3) is 0.294. The zero-order chi connectivity index (χ0) is 14.8. The number of ether oxygens (including phenoxy) is 1. The van der Waals surface area contributed by atoms with Gasteiger partial charge in [-0.05, 0) is 48.7 Å². The van der Waals surface area contributed by atoms with E-state index in [1.807, 2.05) is 18.2 Å². The largest absolute Gasteiger partial charge is 0.491 e. The number of nitrogens with zero attached hydrogens (tertiary/aromatic N) is 1. The van der Waals surface area contributed by atoms with Crippen molar-refractivity contribution in [3.05, 3.63) is 57.8 Å². The van der Waals surface area contributed by atoms with Gasteiger partial charge in [-0.1, -0.05) is 28.1 Å². The van der Waals surface area contributed by atoms with Crippen molar-refractivity contribution in [1.82, 2.24) is 0 Å². The first-order valence-corrected chi connectivity index (χ1v) is 7.85. The third-order valence-corrected chi connectivity index (χ3v) is 4.55. The van der Waals surface area contributed by atoms with E-state index in [-0.39, 0.29) is 5.82 Å². The number of rotatable bonds is 2. The monoisotopic (exact) mass is 349 g/mol. The smallest absolute Gasteiger partial charge is 0.143 e. The first-order valence-electron chi connectivity index (χ1n) is 7.06. The first kappa shape index (κ1) is 14.4. The third kappa shape index (κ3) is 3.21. The second-order valence-electron chi connectivity index (χ2n) is 5.32. The summed E-state index contributed by atoms with van der Waals surface area (Å²) in [6, 6.07) is 10.9. The minimum atomic E-state index is -0.196. The predicted molar refractivity (Wildman–Crippen MR) is 86.4 cm³/mol. The Morgan fingerprint density at radius 2 is 2.00 bits per heavy atom. The molecular formula is C17H17BrFNO. The van der Waals surface area contributed by atoms with E-state index >= 15 is 0 Å². The highest BCUT2D eigenvalue weighted by atomic mass is 79.9. The molecular weight excluding hydrogens is 333 g/mol. The van der Waals surface area contributed by atoms with Crippen LogP contribution in [-0.2, 0) is 6.54 Å². The molecule has 1 aliphatic rings. The molecule has 110 valence electrons. The Morgan fingerprint density at radius 1 is 1.24 bits per heavy atom. The van der Waals surface area contributed by atoms with Crippen LogP contribution in [-0.4, -0.2) is 13.2 Å². The average Bonchev–Trinajstić information content (AvgIpc) is 2.65. The van der Waals surface area contributed by atoms with Crippen LogP contribution in [0.3, 0.4) is 0 Å². The molecule has 2 aromatic carbocycles. The number of hydrogen-bond donors (Lipinski definition) is 0. The van der Waals surface area contributed by atoms with Gasteiger partial charge in [0.25, 0.3) is 0 Å². The van der Waals surface area contributed by atoms with Gasteiger partial charge >= 0.3 is 0 Å². The van der Waals surface area contributed by atoms with Gasteiger partial charge in [0.2, 0.25) is 0 Å². The number of benzene rings is 2. The molecule has 0 bridgehead atoms. The third-order valence-electron chi connectivity index (χ3n) is 3.70. The summed E-state index contributed by atoms with van der Waals surface area (Å²) in [4.78, 5) is 2.30. The quantitative estimate of drug-likeness (QED) is 0.779. The van der Waals surface area contributed by atoms with Crippen molar-refractivity contribution in [3.8, 4) is 5.75 Å². The van der Waals surface area contributed by atoms with E-state index in [4.69, 9.17) is 4.74 Å². The van der Waals surface area contributed by atoms with Gasteiger partial charge in [-0.25, -0.2) is 4.39 Å². The number of anilines is 1. The van der Waals surface area contributed by atoms with Crippen LogP contribution in [0.5, 0.6) is 5.75 Å². The summed E-state index contributed by atoms with van der Waals surface area (Å²) in [5.74, 6) is 0.713. The van der Waals surface area contributed by atoms with Crippen LogP contribution in [0.2, 0.25) is 0 Å². The molecule has 0 saturated heterocycles. The van der Waals surface area contributed by atoms with Crippen molar-refractivity contribution in [2.45, 2.75) is 19.9 Å². The molecule has 2 nitrogen and oxygen atoms in total. The van der Waals surface area contributed by atoms with Gasteiger partial charge in [0.05, 0.1) is 12.3 Å².